The number of carbonyl (C=O) groups is 1. The zero-order valence-electron chi connectivity index (χ0n) is 14.7. The van der Waals surface area contributed by atoms with Crippen LogP contribution < -0.4 is 10.1 Å². The van der Waals surface area contributed by atoms with Crippen LogP contribution in [-0.2, 0) is 7.05 Å². The number of nitrogens with zero attached hydrogens (tertiary/aromatic N) is 3. The zero-order valence-corrected chi connectivity index (χ0v) is 14.7. The zero-order chi connectivity index (χ0) is 17.4. The third kappa shape index (κ3) is 3.48. The molecule has 2 aliphatic rings. The Morgan fingerprint density at radius 3 is 2.80 bits per heavy atom. The Hall–Kier alpha value is -2.50. The third-order valence-electron chi connectivity index (χ3n) is 4.94. The molecular formula is C19H24N4O2. The van der Waals surface area contributed by atoms with Crippen molar-refractivity contribution in [1.29, 1.82) is 0 Å². The molecule has 0 bridgehead atoms. The molecule has 0 radical (unpaired) electrons. The first-order valence-corrected chi connectivity index (χ1v) is 8.86. The Kier molecular flexibility index (Phi) is 4.11. The summed E-state index contributed by atoms with van der Waals surface area (Å²) in [6, 6.07) is 7.99. The first-order chi connectivity index (χ1) is 12.1. The molecule has 2 fully saturated rings. The van der Waals surface area contributed by atoms with E-state index in [9.17, 15) is 4.79 Å². The van der Waals surface area contributed by atoms with Crippen molar-refractivity contribution >= 4 is 6.03 Å². The minimum absolute atomic E-state index is 0.00393. The summed E-state index contributed by atoms with van der Waals surface area (Å²) in [6.45, 7) is 3.29. The summed E-state index contributed by atoms with van der Waals surface area (Å²) >= 11 is 0. The molecular weight excluding hydrogens is 316 g/mol. The van der Waals surface area contributed by atoms with Crippen molar-refractivity contribution in [2.45, 2.75) is 31.9 Å². The lowest BCUT2D eigenvalue weighted by molar-refractivity contribution is 0.0429. The van der Waals surface area contributed by atoms with Gasteiger partial charge in [0.2, 0.25) is 0 Å². The standard InChI is InChI=1S/C19H24N4O2/c1-13-4-3-5-15(10-13)25-16-11-23(12-16)19(24)21-17(14-6-7-14)18-20-8-9-22(18)2/h3-5,8-10,14,16-17H,6-7,11-12H2,1-2H3,(H,21,24). The Morgan fingerprint density at radius 2 is 2.16 bits per heavy atom. The molecule has 6 nitrogen and oxygen atoms in total. The normalized spacial score (nSPS) is 18.6. The van der Waals surface area contributed by atoms with Crippen LogP contribution in [0.3, 0.4) is 0 Å². The predicted molar refractivity (Wildman–Crippen MR) is 94.4 cm³/mol. The first kappa shape index (κ1) is 16.0. The van der Waals surface area contributed by atoms with Crippen molar-refractivity contribution in [3.8, 4) is 5.75 Å². The predicted octanol–water partition coefficient (Wildman–Crippen LogP) is 2.65. The van der Waals surface area contributed by atoms with E-state index in [1.165, 1.54) is 5.56 Å². The number of amides is 2. The average molecular weight is 340 g/mol. The van der Waals surface area contributed by atoms with Gasteiger partial charge in [-0.05, 0) is 43.4 Å². The van der Waals surface area contributed by atoms with Crippen LogP contribution in [0.4, 0.5) is 4.79 Å². The number of urea groups is 1. The van der Waals surface area contributed by atoms with Crippen LogP contribution in [0.2, 0.25) is 0 Å². The van der Waals surface area contributed by atoms with Gasteiger partial charge in [-0.1, -0.05) is 12.1 Å². The molecule has 1 saturated heterocycles. The molecule has 1 N–H and O–H groups in total. The molecule has 1 aromatic carbocycles. The molecule has 4 rings (SSSR count). The lowest BCUT2D eigenvalue weighted by Gasteiger charge is -2.39. The van der Waals surface area contributed by atoms with Gasteiger partial charge in [0.15, 0.2) is 0 Å². The van der Waals surface area contributed by atoms with Gasteiger partial charge >= 0.3 is 6.03 Å². The number of aryl methyl sites for hydroxylation is 2. The molecule has 6 heteroatoms. The minimum Gasteiger partial charge on any atom is -0.487 e. The van der Waals surface area contributed by atoms with Gasteiger partial charge in [-0.15, -0.1) is 0 Å². The summed E-state index contributed by atoms with van der Waals surface area (Å²) < 4.78 is 7.92. The Bertz CT molecular complexity index is 762. The van der Waals surface area contributed by atoms with Gasteiger partial charge in [-0.25, -0.2) is 9.78 Å². The van der Waals surface area contributed by atoms with Gasteiger partial charge in [0.05, 0.1) is 19.1 Å². The monoisotopic (exact) mass is 340 g/mol. The van der Waals surface area contributed by atoms with E-state index in [0.717, 1.165) is 24.4 Å². The highest BCUT2D eigenvalue weighted by molar-refractivity contribution is 5.75. The lowest BCUT2D eigenvalue weighted by Crippen LogP contribution is -2.59. The highest BCUT2D eigenvalue weighted by atomic mass is 16.5. The maximum Gasteiger partial charge on any atom is 0.318 e. The molecule has 132 valence electrons. The van der Waals surface area contributed by atoms with Gasteiger partial charge in [0.1, 0.15) is 17.7 Å². The highest BCUT2D eigenvalue weighted by Gasteiger charge is 2.39. The quantitative estimate of drug-likeness (QED) is 0.910. The van der Waals surface area contributed by atoms with Gasteiger partial charge < -0.3 is 19.5 Å². The van der Waals surface area contributed by atoms with E-state index in [0.29, 0.717) is 19.0 Å². The Labute approximate surface area is 147 Å². The largest absolute Gasteiger partial charge is 0.487 e. The fraction of sp³-hybridized carbons (Fsp3) is 0.474. The topological polar surface area (TPSA) is 59.4 Å². The molecule has 2 amide bonds. The SMILES string of the molecule is Cc1cccc(OC2CN(C(=O)NC(c3nccn3C)C3CC3)C2)c1. The number of rotatable bonds is 5. The van der Waals surface area contributed by atoms with Crippen molar-refractivity contribution < 1.29 is 9.53 Å². The smallest absolute Gasteiger partial charge is 0.318 e. The van der Waals surface area contributed by atoms with E-state index < -0.39 is 0 Å². The van der Waals surface area contributed by atoms with Crippen LogP contribution in [0.15, 0.2) is 36.7 Å². The van der Waals surface area contributed by atoms with E-state index in [4.69, 9.17) is 4.74 Å². The van der Waals surface area contributed by atoms with Crippen LogP contribution in [0.25, 0.3) is 0 Å². The summed E-state index contributed by atoms with van der Waals surface area (Å²) in [5.74, 6) is 2.31. The van der Waals surface area contributed by atoms with Gasteiger partial charge in [0, 0.05) is 19.4 Å². The van der Waals surface area contributed by atoms with Gasteiger partial charge in [-0.2, -0.15) is 0 Å². The van der Waals surface area contributed by atoms with Crippen LogP contribution in [0.5, 0.6) is 5.75 Å². The molecule has 25 heavy (non-hydrogen) atoms. The molecule has 1 aliphatic carbocycles. The number of imidazole rings is 1. The Balaban J connectivity index is 1.31. The van der Waals surface area contributed by atoms with Crippen molar-refractivity contribution in [3.63, 3.8) is 0 Å². The molecule has 1 saturated carbocycles. The van der Waals surface area contributed by atoms with Crippen molar-refractivity contribution in [1.82, 2.24) is 19.8 Å². The second kappa shape index (κ2) is 6.43. The fourth-order valence-electron chi connectivity index (χ4n) is 3.28. The summed E-state index contributed by atoms with van der Waals surface area (Å²) in [4.78, 5) is 18.8. The third-order valence-corrected chi connectivity index (χ3v) is 4.94. The van der Waals surface area contributed by atoms with E-state index >= 15 is 0 Å². The molecule has 0 spiro atoms. The van der Waals surface area contributed by atoms with Crippen LogP contribution in [0, 0.1) is 12.8 Å². The molecule has 1 aliphatic heterocycles. The summed E-state index contributed by atoms with van der Waals surface area (Å²) in [6.07, 6.45) is 6.08. The lowest BCUT2D eigenvalue weighted by atomic mass is 10.1. The van der Waals surface area contributed by atoms with Gasteiger partial charge in [0.25, 0.3) is 0 Å². The second-order valence-electron chi connectivity index (χ2n) is 7.12. The number of aromatic nitrogens is 2. The van der Waals surface area contributed by atoms with E-state index in [1.54, 1.807) is 11.1 Å². The Morgan fingerprint density at radius 1 is 1.36 bits per heavy atom. The average Bonchev–Trinajstić information content (AvgIpc) is 3.30. The molecule has 2 aromatic rings. The van der Waals surface area contributed by atoms with Crippen LogP contribution >= 0.6 is 0 Å². The minimum atomic E-state index is -0.0241. The number of hydrogen-bond acceptors (Lipinski definition) is 3. The maximum absolute atomic E-state index is 12.5. The van der Waals surface area contributed by atoms with Crippen LogP contribution in [0.1, 0.15) is 30.3 Å². The number of ether oxygens (including phenoxy) is 1. The second-order valence-corrected chi connectivity index (χ2v) is 7.12. The number of hydrogen-bond donors (Lipinski definition) is 1. The number of likely N-dealkylation sites (tertiary alicyclic amines) is 1. The molecule has 1 atom stereocenters. The summed E-state index contributed by atoms with van der Waals surface area (Å²) in [5, 5.41) is 3.17. The summed E-state index contributed by atoms with van der Waals surface area (Å²) in [7, 11) is 1.97. The molecule has 1 aromatic heterocycles. The van der Waals surface area contributed by atoms with E-state index in [-0.39, 0.29) is 18.2 Å². The maximum atomic E-state index is 12.5. The van der Waals surface area contributed by atoms with Crippen molar-refractivity contribution in [2.24, 2.45) is 13.0 Å². The fourth-order valence-corrected chi connectivity index (χ4v) is 3.28. The molecule has 2 heterocycles. The number of benzene rings is 1. The van der Waals surface area contributed by atoms with Crippen molar-refractivity contribution in [3.05, 3.63) is 48.0 Å². The van der Waals surface area contributed by atoms with Gasteiger partial charge in [-0.3, -0.25) is 0 Å². The first-order valence-electron chi connectivity index (χ1n) is 8.86. The van der Waals surface area contributed by atoms with Crippen LogP contribution in [-0.4, -0.2) is 39.7 Å². The summed E-state index contributed by atoms with van der Waals surface area (Å²) in [5.41, 5.74) is 1.17. The molecule has 1 unspecified atom stereocenters. The van der Waals surface area contributed by atoms with Crippen molar-refractivity contribution in [2.75, 3.05) is 13.1 Å². The highest BCUT2D eigenvalue weighted by Crippen LogP contribution is 2.40. The number of nitrogens with one attached hydrogen (secondary N) is 1. The van der Waals surface area contributed by atoms with E-state index in [1.807, 2.05) is 49.0 Å². The van der Waals surface area contributed by atoms with E-state index in [2.05, 4.69) is 10.3 Å². The number of carbonyl (C=O) groups excluding carboxylic acids is 1.